The molecule has 0 amide bonds. The molecule has 1 fully saturated rings. The van der Waals surface area contributed by atoms with Gasteiger partial charge in [0.25, 0.3) is 0 Å². The Kier molecular flexibility index (Phi) is 2.80. The van der Waals surface area contributed by atoms with Gasteiger partial charge in [-0.15, -0.1) is 0 Å². The van der Waals surface area contributed by atoms with Gasteiger partial charge in [0.1, 0.15) is 0 Å². The fraction of sp³-hybridized carbons (Fsp3) is 0.688. The van der Waals surface area contributed by atoms with Gasteiger partial charge in [0.15, 0.2) is 5.17 Å². The molecule has 102 valence electrons. The molecule has 0 bridgehead atoms. The zero-order valence-corrected chi connectivity index (χ0v) is 12.6. The predicted molar refractivity (Wildman–Crippen MR) is 81.9 cm³/mol. The van der Waals surface area contributed by atoms with Crippen LogP contribution in [0.3, 0.4) is 0 Å². The van der Waals surface area contributed by atoms with Crippen LogP contribution in [0.25, 0.3) is 0 Å². The van der Waals surface area contributed by atoms with Crippen molar-refractivity contribution in [2.24, 2.45) is 4.99 Å². The maximum Gasteiger partial charge on any atom is 0.173 e. The summed E-state index contributed by atoms with van der Waals surface area (Å²) in [6.07, 6.45) is 12.0. The molecule has 2 heterocycles. The first-order valence-electron chi connectivity index (χ1n) is 7.76. The Morgan fingerprint density at radius 2 is 1.89 bits per heavy atom. The van der Waals surface area contributed by atoms with Crippen LogP contribution in [-0.4, -0.2) is 15.6 Å². The van der Waals surface area contributed by atoms with Crippen molar-refractivity contribution in [3.63, 3.8) is 0 Å². The van der Waals surface area contributed by atoms with Crippen LogP contribution in [0, 0.1) is 0 Å². The summed E-state index contributed by atoms with van der Waals surface area (Å²) in [5.74, 6) is 0. The van der Waals surface area contributed by atoms with Crippen molar-refractivity contribution >= 4 is 16.9 Å². The lowest BCUT2D eigenvalue weighted by Crippen LogP contribution is -2.43. The maximum atomic E-state index is 5.27. The summed E-state index contributed by atoms with van der Waals surface area (Å²) >= 11 is 1.84. The minimum absolute atomic E-state index is 0.200. The number of rotatable bonds is 0. The summed E-state index contributed by atoms with van der Waals surface area (Å²) in [7, 11) is 0. The molecule has 0 radical (unpaired) electrons. The standard InChI is InChI=1S/C16H22N2S/c1-12-11-19-15-17-16(9-5-2-6-10-16)13-7-3-4-8-14(13)18(12)15/h11H,2-10H2,1H3. The summed E-state index contributed by atoms with van der Waals surface area (Å²) in [5.41, 5.74) is 4.91. The quantitative estimate of drug-likeness (QED) is 0.630. The monoisotopic (exact) mass is 274 g/mol. The summed E-state index contributed by atoms with van der Waals surface area (Å²) < 4.78 is 0. The predicted octanol–water partition coefficient (Wildman–Crippen LogP) is 4.80. The number of fused-ring (bicyclic) bond motifs is 3. The molecule has 0 unspecified atom stereocenters. The van der Waals surface area contributed by atoms with Gasteiger partial charge in [-0.2, -0.15) is 0 Å². The summed E-state index contributed by atoms with van der Waals surface area (Å²) in [5, 5.41) is 3.54. The van der Waals surface area contributed by atoms with E-state index in [4.69, 9.17) is 4.99 Å². The van der Waals surface area contributed by atoms with Crippen molar-refractivity contribution in [3.05, 3.63) is 22.4 Å². The highest BCUT2D eigenvalue weighted by Gasteiger charge is 2.44. The van der Waals surface area contributed by atoms with E-state index in [1.165, 1.54) is 68.7 Å². The maximum absolute atomic E-state index is 5.27. The summed E-state index contributed by atoms with van der Waals surface area (Å²) in [6.45, 7) is 2.23. The first kappa shape index (κ1) is 12.1. The molecule has 4 rings (SSSR count). The molecule has 19 heavy (non-hydrogen) atoms. The van der Waals surface area contributed by atoms with Crippen LogP contribution < -0.4 is 0 Å². The number of hydrogen-bond acceptors (Lipinski definition) is 3. The van der Waals surface area contributed by atoms with Crippen molar-refractivity contribution in [1.29, 1.82) is 0 Å². The molecule has 0 aromatic rings. The lowest BCUT2D eigenvalue weighted by molar-refractivity contribution is 0.307. The van der Waals surface area contributed by atoms with Gasteiger partial charge in [-0.3, -0.25) is 9.89 Å². The number of thioether (sulfide) groups is 1. The van der Waals surface area contributed by atoms with E-state index < -0.39 is 0 Å². The molecule has 2 nitrogen and oxygen atoms in total. The molecule has 0 atom stereocenters. The zero-order valence-electron chi connectivity index (χ0n) is 11.7. The lowest BCUT2D eigenvalue weighted by Gasteiger charge is -2.45. The molecule has 2 aliphatic heterocycles. The SMILES string of the molecule is CC1=CSC2=NC3(CCCCC3)C3=C(CCCC3)N12. The smallest absolute Gasteiger partial charge is 0.173 e. The van der Waals surface area contributed by atoms with Crippen LogP contribution in [0.4, 0.5) is 0 Å². The van der Waals surface area contributed by atoms with Gasteiger partial charge in [0.2, 0.25) is 0 Å². The third-order valence-corrected chi connectivity index (χ3v) is 6.08. The van der Waals surface area contributed by atoms with Crippen molar-refractivity contribution < 1.29 is 0 Å². The van der Waals surface area contributed by atoms with Gasteiger partial charge in [-0.25, -0.2) is 0 Å². The topological polar surface area (TPSA) is 15.6 Å². The Bertz CT molecular complexity index is 495. The molecule has 2 aliphatic carbocycles. The first-order chi connectivity index (χ1) is 9.30. The molecule has 1 spiro atoms. The van der Waals surface area contributed by atoms with Crippen molar-refractivity contribution in [2.75, 3.05) is 0 Å². The number of hydrogen-bond donors (Lipinski definition) is 0. The van der Waals surface area contributed by atoms with E-state index >= 15 is 0 Å². The zero-order chi connectivity index (χ0) is 12.9. The summed E-state index contributed by atoms with van der Waals surface area (Å²) in [4.78, 5) is 7.72. The van der Waals surface area contributed by atoms with Crippen LogP contribution in [0.15, 0.2) is 27.4 Å². The van der Waals surface area contributed by atoms with Crippen LogP contribution in [0.1, 0.15) is 64.7 Å². The van der Waals surface area contributed by atoms with E-state index in [0.717, 1.165) is 0 Å². The van der Waals surface area contributed by atoms with Crippen LogP contribution in [-0.2, 0) is 0 Å². The minimum atomic E-state index is 0.200. The van der Waals surface area contributed by atoms with E-state index in [1.807, 2.05) is 11.8 Å². The minimum Gasteiger partial charge on any atom is -0.297 e. The third kappa shape index (κ3) is 1.74. The highest BCUT2D eigenvalue weighted by Crippen LogP contribution is 2.50. The van der Waals surface area contributed by atoms with Gasteiger partial charge in [0.05, 0.1) is 5.54 Å². The molecular formula is C16H22N2S. The molecule has 0 aromatic heterocycles. The second-order valence-electron chi connectivity index (χ2n) is 6.33. The van der Waals surface area contributed by atoms with E-state index in [9.17, 15) is 0 Å². The lowest BCUT2D eigenvalue weighted by atomic mass is 9.71. The van der Waals surface area contributed by atoms with Gasteiger partial charge in [0, 0.05) is 11.4 Å². The molecule has 3 heteroatoms. The highest BCUT2D eigenvalue weighted by molar-refractivity contribution is 8.16. The van der Waals surface area contributed by atoms with Gasteiger partial charge in [-0.1, -0.05) is 31.0 Å². The normalized spacial score (nSPS) is 29.0. The van der Waals surface area contributed by atoms with Crippen LogP contribution >= 0.6 is 11.8 Å². The molecular weight excluding hydrogens is 252 g/mol. The van der Waals surface area contributed by atoms with E-state index in [0.29, 0.717) is 0 Å². The fourth-order valence-corrected chi connectivity index (χ4v) is 5.21. The van der Waals surface area contributed by atoms with Crippen LogP contribution in [0.5, 0.6) is 0 Å². The Labute approximate surface area is 120 Å². The Balaban J connectivity index is 1.83. The number of aliphatic imine (C=N–C) groups is 1. The van der Waals surface area contributed by atoms with Gasteiger partial charge < -0.3 is 0 Å². The van der Waals surface area contributed by atoms with Gasteiger partial charge >= 0.3 is 0 Å². The number of amidine groups is 1. The van der Waals surface area contributed by atoms with Crippen molar-refractivity contribution in [1.82, 2.24) is 4.90 Å². The molecule has 0 saturated heterocycles. The van der Waals surface area contributed by atoms with Crippen LogP contribution in [0.2, 0.25) is 0 Å². The Morgan fingerprint density at radius 3 is 2.74 bits per heavy atom. The fourth-order valence-electron chi connectivity index (χ4n) is 4.24. The first-order valence-corrected chi connectivity index (χ1v) is 8.64. The van der Waals surface area contributed by atoms with E-state index in [1.54, 1.807) is 11.3 Å². The second kappa shape index (κ2) is 4.41. The second-order valence-corrected chi connectivity index (χ2v) is 7.17. The molecule has 0 N–H and O–H groups in total. The number of allylic oxidation sites excluding steroid dienone is 2. The van der Waals surface area contributed by atoms with Crippen molar-refractivity contribution in [2.45, 2.75) is 70.3 Å². The molecule has 4 aliphatic rings. The van der Waals surface area contributed by atoms with Crippen molar-refractivity contribution in [3.8, 4) is 0 Å². The largest absolute Gasteiger partial charge is 0.297 e. The van der Waals surface area contributed by atoms with Gasteiger partial charge in [-0.05, 0) is 56.4 Å². The third-order valence-electron chi connectivity index (χ3n) is 5.14. The Hall–Kier alpha value is -0.700. The highest BCUT2D eigenvalue weighted by atomic mass is 32.2. The average molecular weight is 274 g/mol. The molecule has 0 aromatic carbocycles. The summed E-state index contributed by atoms with van der Waals surface area (Å²) in [6, 6.07) is 0. The Morgan fingerprint density at radius 1 is 1.11 bits per heavy atom. The number of nitrogens with zero attached hydrogens (tertiary/aromatic N) is 2. The van der Waals surface area contributed by atoms with E-state index in [2.05, 4.69) is 17.2 Å². The van der Waals surface area contributed by atoms with E-state index in [-0.39, 0.29) is 5.54 Å². The molecule has 1 saturated carbocycles. The average Bonchev–Trinajstić information content (AvgIpc) is 2.81.